The van der Waals surface area contributed by atoms with Gasteiger partial charge >= 0.3 is 0 Å². The Balaban J connectivity index is 1.56. The number of rotatable bonds is 3. The molecule has 1 aliphatic carbocycles. The number of carbonyl (C=O) groups is 1. The molecule has 0 radical (unpaired) electrons. The monoisotopic (exact) mass is 282 g/mol. The molecule has 0 aromatic rings. The standard InChI is InChI=1S/C16H26O2S/c17-16(9-12-5-2-1-3-6-12)13-10-14-7-4-8-15(11-13)19(14)18/h12-15H,1-11H2. The molecule has 3 fully saturated rings. The lowest BCUT2D eigenvalue weighted by molar-refractivity contribution is -0.124. The van der Waals surface area contributed by atoms with E-state index in [1.54, 1.807) is 0 Å². The summed E-state index contributed by atoms with van der Waals surface area (Å²) in [6.45, 7) is 0. The summed E-state index contributed by atoms with van der Waals surface area (Å²) in [6, 6.07) is 0. The molecule has 1 saturated carbocycles. The second-order valence-corrected chi connectivity index (χ2v) is 8.84. The zero-order chi connectivity index (χ0) is 13.2. The molecule has 108 valence electrons. The van der Waals surface area contributed by atoms with E-state index in [0.717, 1.165) is 32.1 Å². The zero-order valence-electron chi connectivity index (χ0n) is 11.8. The lowest BCUT2D eigenvalue weighted by Crippen LogP contribution is -2.41. The summed E-state index contributed by atoms with van der Waals surface area (Å²) in [5, 5.41) is 0.681. The first-order valence-corrected chi connectivity index (χ1v) is 9.43. The van der Waals surface area contributed by atoms with Gasteiger partial charge in [-0.1, -0.05) is 38.5 Å². The molecular formula is C16H26O2S. The molecule has 2 unspecified atom stereocenters. The average Bonchev–Trinajstić information content (AvgIpc) is 2.39. The third-order valence-electron chi connectivity index (χ3n) is 5.47. The Morgan fingerprint density at radius 3 is 2.16 bits per heavy atom. The van der Waals surface area contributed by atoms with Gasteiger partial charge in [0.05, 0.1) is 0 Å². The van der Waals surface area contributed by atoms with Crippen molar-refractivity contribution in [3.63, 3.8) is 0 Å². The molecule has 19 heavy (non-hydrogen) atoms. The van der Waals surface area contributed by atoms with Crippen LogP contribution in [0.2, 0.25) is 0 Å². The lowest BCUT2D eigenvalue weighted by Gasteiger charge is -2.38. The average molecular weight is 282 g/mol. The summed E-state index contributed by atoms with van der Waals surface area (Å²) in [4.78, 5) is 12.5. The van der Waals surface area contributed by atoms with Crippen molar-refractivity contribution in [2.75, 3.05) is 0 Å². The van der Waals surface area contributed by atoms with Gasteiger partial charge in [-0.15, -0.1) is 0 Å². The van der Waals surface area contributed by atoms with Crippen molar-refractivity contribution in [3.05, 3.63) is 0 Å². The molecule has 0 amide bonds. The van der Waals surface area contributed by atoms with Crippen molar-refractivity contribution in [1.29, 1.82) is 0 Å². The Bertz CT molecular complexity index is 344. The maximum atomic E-state index is 12.5. The van der Waals surface area contributed by atoms with E-state index in [4.69, 9.17) is 0 Å². The van der Waals surface area contributed by atoms with Crippen LogP contribution in [-0.2, 0) is 15.6 Å². The maximum absolute atomic E-state index is 12.5. The van der Waals surface area contributed by atoms with Crippen LogP contribution in [0, 0.1) is 11.8 Å². The van der Waals surface area contributed by atoms with Crippen LogP contribution >= 0.6 is 0 Å². The van der Waals surface area contributed by atoms with Crippen molar-refractivity contribution < 1.29 is 9.00 Å². The zero-order valence-corrected chi connectivity index (χ0v) is 12.6. The molecule has 3 aliphatic rings. The molecule has 0 spiro atoms. The van der Waals surface area contributed by atoms with Gasteiger partial charge in [0.1, 0.15) is 5.78 Å². The summed E-state index contributed by atoms with van der Waals surface area (Å²) < 4.78 is 12.2. The van der Waals surface area contributed by atoms with Gasteiger partial charge in [0.2, 0.25) is 0 Å². The lowest BCUT2D eigenvalue weighted by atomic mass is 9.80. The number of fused-ring (bicyclic) bond motifs is 2. The van der Waals surface area contributed by atoms with Gasteiger partial charge in [-0.3, -0.25) is 9.00 Å². The number of ketones is 1. The predicted octanol–water partition coefficient (Wildman–Crippen LogP) is 3.61. The second-order valence-electron chi connectivity index (χ2n) is 6.85. The maximum Gasteiger partial charge on any atom is 0.136 e. The highest BCUT2D eigenvalue weighted by atomic mass is 32.2. The fraction of sp³-hybridized carbons (Fsp3) is 0.938. The first kappa shape index (κ1) is 13.8. The van der Waals surface area contributed by atoms with Crippen LogP contribution in [0.3, 0.4) is 0 Å². The van der Waals surface area contributed by atoms with Gasteiger partial charge in [-0.25, -0.2) is 0 Å². The Kier molecular flexibility index (Phi) is 4.40. The molecule has 0 aromatic heterocycles. The van der Waals surface area contributed by atoms with Crippen LogP contribution in [0.1, 0.15) is 70.6 Å². The van der Waals surface area contributed by atoms with Crippen LogP contribution < -0.4 is 0 Å². The minimum absolute atomic E-state index is 0.245. The van der Waals surface area contributed by atoms with E-state index in [2.05, 4.69) is 0 Å². The van der Waals surface area contributed by atoms with Crippen molar-refractivity contribution in [2.24, 2.45) is 11.8 Å². The highest BCUT2D eigenvalue weighted by Crippen LogP contribution is 2.38. The molecule has 2 bridgehead atoms. The Morgan fingerprint density at radius 1 is 0.895 bits per heavy atom. The molecule has 3 heteroatoms. The summed E-state index contributed by atoms with van der Waals surface area (Å²) in [5.74, 6) is 1.41. The van der Waals surface area contributed by atoms with Gasteiger partial charge < -0.3 is 0 Å². The molecule has 2 atom stereocenters. The van der Waals surface area contributed by atoms with Crippen LogP contribution in [0.4, 0.5) is 0 Å². The third-order valence-corrected chi connectivity index (χ3v) is 7.64. The van der Waals surface area contributed by atoms with Gasteiger partial charge in [-0.05, 0) is 31.6 Å². The Morgan fingerprint density at radius 2 is 1.53 bits per heavy atom. The smallest absolute Gasteiger partial charge is 0.136 e. The summed E-state index contributed by atoms with van der Waals surface area (Å²) >= 11 is 0. The van der Waals surface area contributed by atoms with Crippen molar-refractivity contribution in [2.45, 2.75) is 81.1 Å². The first-order valence-electron chi connectivity index (χ1n) is 8.16. The quantitative estimate of drug-likeness (QED) is 0.792. The van der Waals surface area contributed by atoms with Crippen molar-refractivity contribution in [3.8, 4) is 0 Å². The van der Waals surface area contributed by atoms with E-state index in [0.29, 0.717) is 22.2 Å². The summed E-state index contributed by atoms with van der Waals surface area (Å²) in [7, 11) is -0.632. The van der Waals surface area contributed by atoms with Gasteiger partial charge in [0.15, 0.2) is 0 Å². The van der Waals surface area contributed by atoms with Crippen molar-refractivity contribution in [1.82, 2.24) is 0 Å². The van der Waals surface area contributed by atoms with E-state index in [9.17, 15) is 9.00 Å². The number of hydrogen-bond donors (Lipinski definition) is 0. The van der Waals surface area contributed by atoms with Crippen LogP contribution in [0.5, 0.6) is 0 Å². The number of Topliss-reactive ketones (excluding diaryl/α,β-unsaturated/α-hetero) is 1. The van der Waals surface area contributed by atoms with E-state index in [-0.39, 0.29) is 5.92 Å². The highest BCUT2D eigenvalue weighted by molar-refractivity contribution is 7.86. The highest BCUT2D eigenvalue weighted by Gasteiger charge is 2.40. The van der Waals surface area contributed by atoms with E-state index in [1.165, 1.54) is 38.5 Å². The number of hydrogen-bond acceptors (Lipinski definition) is 2. The molecule has 2 aliphatic heterocycles. The first-order chi connectivity index (χ1) is 9.24. The molecule has 2 heterocycles. The largest absolute Gasteiger partial charge is 0.299 e. The van der Waals surface area contributed by atoms with E-state index in [1.807, 2.05) is 0 Å². The molecular weight excluding hydrogens is 256 g/mol. The van der Waals surface area contributed by atoms with Gasteiger partial charge in [0, 0.05) is 33.6 Å². The Hall–Kier alpha value is -0.180. The summed E-state index contributed by atoms with van der Waals surface area (Å²) in [6.07, 6.45) is 12.6. The Labute approximate surface area is 119 Å². The second kappa shape index (κ2) is 6.07. The van der Waals surface area contributed by atoms with Crippen molar-refractivity contribution >= 4 is 16.6 Å². The van der Waals surface area contributed by atoms with E-state index < -0.39 is 10.8 Å². The normalized spacial score (nSPS) is 40.0. The fourth-order valence-electron chi connectivity index (χ4n) is 4.34. The number of carbonyl (C=O) groups excluding carboxylic acids is 1. The predicted molar refractivity (Wildman–Crippen MR) is 78.5 cm³/mol. The van der Waals surface area contributed by atoms with E-state index >= 15 is 0 Å². The van der Waals surface area contributed by atoms with Crippen LogP contribution in [0.15, 0.2) is 0 Å². The summed E-state index contributed by atoms with van der Waals surface area (Å²) in [5.41, 5.74) is 0. The fourth-order valence-corrected chi connectivity index (χ4v) is 6.53. The third kappa shape index (κ3) is 3.12. The molecule has 2 nitrogen and oxygen atoms in total. The SMILES string of the molecule is O=C(CC1CCCCC1)C1CC2CCCC(C1)S2=O. The molecule has 3 rings (SSSR count). The minimum atomic E-state index is -0.632. The minimum Gasteiger partial charge on any atom is -0.299 e. The molecule has 0 aromatic carbocycles. The molecule has 2 saturated heterocycles. The van der Waals surface area contributed by atoms with Gasteiger partial charge in [-0.2, -0.15) is 0 Å². The molecule has 0 N–H and O–H groups in total. The topological polar surface area (TPSA) is 34.1 Å². The van der Waals surface area contributed by atoms with Gasteiger partial charge in [0.25, 0.3) is 0 Å². The van der Waals surface area contributed by atoms with Crippen LogP contribution in [-0.4, -0.2) is 20.5 Å². The van der Waals surface area contributed by atoms with Crippen LogP contribution in [0.25, 0.3) is 0 Å².